The maximum atomic E-state index is 9.13. The molecule has 0 spiro atoms. The largest absolute Gasteiger partial charge is 0.396 e. The first-order valence-electron chi connectivity index (χ1n) is 5.92. The first-order valence-corrected chi connectivity index (χ1v) is 5.92. The van der Waals surface area contributed by atoms with Gasteiger partial charge in [-0.3, -0.25) is 5.41 Å². The number of aryl methyl sites for hydroxylation is 1. The van der Waals surface area contributed by atoms with Crippen molar-refractivity contribution in [1.82, 2.24) is 0 Å². The van der Waals surface area contributed by atoms with Crippen LogP contribution in [0.5, 0.6) is 0 Å². The van der Waals surface area contributed by atoms with E-state index >= 15 is 0 Å². The summed E-state index contributed by atoms with van der Waals surface area (Å²) in [4.78, 5) is 2.28. The zero-order chi connectivity index (χ0) is 12.4. The minimum Gasteiger partial charge on any atom is -0.396 e. The summed E-state index contributed by atoms with van der Waals surface area (Å²) >= 11 is 0. The molecule has 0 amide bonds. The molecule has 92 valence electrons. The summed E-state index contributed by atoms with van der Waals surface area (Å²) in [7, 11) is 0. The van der Waals surface area contributed by atoms with Gasteiger partial charge < -0.3 is 15.7 Å². The lowest BCUT2D eigenvalue weighted by Gasteiger charge is -2.19. The van der Waals surface area contributed by atoms with Gasteiger partial charge in [-0.2, -0.15) is 0 Å². The molecule has 0 radical (unpaired) electrons. The van der Waals surface area contributed by atoms with E-state index in [1.165, 1.54) is 0 Å². The Morgan fingerprint density at radius 2 is 2.35 bits per heavy atom. The van der Waals surface area contributed by atoms with E-state index in [0.717, 1.165) is 36.3 Å². The topological polar surface area (TPSA) is 73.3 Å². The van der Waals surface area contributed by atoms with E-state index in [-0.39, 0.29) is 12.4 Å². The SMILES string of the molecule is Cc1cc(N2CCC(CO)C2)ccc1C(=N)N. The van der Waals surface area contributed by atoms with Crippen LogP contribution in [0.15, 0.2) is 18.2 Å². The normalized spacial score (nSPS) is 19.6. The highest BCUT2D eigenvalue weighted by Crippen LogP contribution is 2.25. The highest BCUT2D eigenvalue weighted by Gasteiger charge is 2.22. The molecule has 1 heterocycles. The maximum Gasteiger partial charge on any atom is 0.123 e. The number of amidine groups is 1. The second-order valence-corrected chi connectivity index (χ2v) is 4.70. The van der Waals surface area contributed by atoms with Gasteiger partial charge in [-0.1, -0.05) is 0 Å². The van der Waals surface area contributed by atoms with E-state index in [0.29, 0.717) is 5.92 Å². The van der Waals surface area contributed by atoms with E-state index in [9.17, 15) is 0 Å². The molecule has 17 heavy (non-hydrogen) atoms. The first kappa shape index (κ1) is 11.9. The summed E-state index contributed by atoms with van der Waals surface area (Å²) in [5.41, 5.74) is 8.48. The summed E-state index contributed by atoms with van der Waals surface area (Å²) in [5.74, 6) is 0.506. The third-order valence-electron chi connectivity index (χ3n) is 3.41. The van der Waals surface area contributed by atoms with Gasteiger partial charge in [-0.05, 0) is 37.1 Å². The Morgan fingerprint density at radius 1 is 1.59 bits per heavy atom. The van der Waals surface area contributed by atoms with E-state index in [1.54, 1.807) is 0 Å². The lowest BCUT2D eigenvalue weighted by Crippen LogP contribution is -2.21. The highest BCUT2D eigenvalue weighted by atomic mass is 16.3. The molecular formula is C13H19N3O. The van der Waals surface area contributed by atoms with Crippen molar-refractivity contribution in [2.24, 2.45) is 11.7 Å². The van der Waals surface area contributed by atoms with E-state index in [1.807, 2.05) is 19.1 Å². The minimum atomic E-state index is 0.115. The number of nitrogens with two attached hydrogens (primary N) is 1. The van der Waals surface area contributed by atoms with Crippen molar-refractivity contribution in [2.75, 3.05) is 24.6 Å². The Morgan fingerprint density at radius 3 is 2.88 bits per heavy atom. The predicted octanol–water partition coefficient (Wildman–Crippen LogP) is 1.10. The van der Waals surface area contributed by atoms with Gasteiger partial charge in [0.2, 0.25) is 0 Å². The van der Waals surface area contributed by atoms with Crippen molar-refractivity contribution >= 4 is 11.5 Å². The Bertz CT molecular complexity index is 431. The second-order valence-electron chi connectivity index (χ2n) is 4.70. The number of hydrogen-bond acceptors (Lipinski definition) is 3. The number of nitrogens with zero attached hydrogens (tertiary/aromatic N) is 1. The third-order valence-corrected chi connectivity index (χ3v) is 3.41. The van der Waals surface area contributed by atoms with Crippen LogP contribution in [0, 0.1) is 18.3 Å². The zero-order valence-corrected chi connectivity index (χ0v) is 10.1. The maximum absolute atomic E-state index is 9.13. The number of nitrogen functional groups attached to an aromatic ring is 1. The van der Waals surface area contributed by atoms with Gasteiger partial charge in [0, 0.05) is 36.9 Å². The fraction of sp³-hybridized carbons (Fsp3) is 0.462. The molecule has 4 heteroatoms. The monoisotopic (exact) mass is 233 g/mol. The Kier molecular flexibility index (Phi) is 3.33. The van der Waals surface area contributed by atoms with E-state index < -0.39 is 0 Å². The summed E-state index contributed by atoms with van der Waals surface area (Å²) in [6, 6.07) is 5.97. The average Bonchev–Trinajstić information content (AvgIpc) is 2.76. The minimum absolute atomic E-state index is 0.115. The number of rotatable bonds is 3. The van der Waals surface area contributed by atoms with Crippen LogP contribution in [0.25, 0.3) is 0 Å². The van der Waals surface area contributed by atoms with Gasteiger partial charge in [0.05, 0.1) is 0 Å². The number of benzene rings is 1. The van der Waals surface area contributed by atoms with Crippen LogP contribution >= 0.6 is 0 Å². The molecule has 1 aromatic carbocycles. The van der Waals surface area contributed by atoms with Crippen molar-refractivity contribution in [3.8, 4) is 0 Å². The second kappa shape index (κ2) is 4.75. The molecule has 0 aromatic heterocycles. The van der Waals surface area contributed by atoms with Gasteiger partial charge in [0.25, 0.3) is 0 Å². The quantitative estimate of drug-likeness (QED) is 0.540. The van der Waals surface area contributed by atoms with Crippen molar-refractivity contribution in [3.05, 3.63) is 29.3 Å². The van der Waals surface area contributed by atoms with E-state index in [4.69, 9.17) is 16.2 Å². The van der Waals surface area contributed by atoms with Crippen molar-refractivity contribution in [1.29, 1.82) is 5.41 Å². The molecule has 1 aliphatic rings. The molecule has 4 nitrogen and oxygen atoms in total. The number of nitrogens with one attached hydrogen (secondary N) is 1. The molecule has 0 aliphatic carbocycles. The van der Waals surface area contributed by atoms with Crippen LogP contribution in [0.1, 0.15) is 17.5 Å². The molecule has 1 fully saturated rings. The highest BCUT2D eigenvalue weighted by molar-refractivity contribution is 5.96. The van der Waals surface area contributed by atoms with Crippen LogP contribution in [0.3, 0.4) is 0 Å². The molecule has 0 saturated carbocycles. The number of hydrogen-bond donors (Lipinski definition) is 3. The molecule has 1 unspecified atom stereocenters. The summed E-state index contributed by atoms with van der Waals surface area (Å²) in [6.45, 7) is 4.14. The van der Waals surface area contributed by atoms with Crippen LogP contribution < -0.4 is 10.6 Å². The van der Waals surface area contributed by atoms with Gasteiger partial charge in [0.15, 0.2) is 0 Å². The van der Waals surface area contributed by atoms with Crippen molar-refractivity contribution < 1.29 is 5.11 Å². The Labute approximate surface area is 102 Å². The lowest BCUT2D eigenvalue weighted by molar-refractivity contribution is 0.238. The zero-order valence-electron chi connectivity index (χ0n) is 10.1. The van der Waals surface area contributed by atoms with Crippen LogP contribution in [0.2, 0.25) is 0 Å². The lowest BCUT2D eigenvalue weighted by atomic mass is 10.1. The van der Waals surface area contributed by atoms with Crippen LogP contribution in [-0.2, 0) is 0 Å². The first-order chi connectivity index (χ1) is 8.11. The molecule has 0 bridgehead atoms. The summed E-state index contributed by atoms with van der Waals surface area (Å²) in [5, 5.41) is 16.6. The molecular weight excluding hydrogens is 214 g/mol. The molecule has 1 aliphatic heterocycles. The molecule has 2 rings (SSSR count). The van der Waals surface area contributed by atoms with Crippen LogP contribution in [-0.4, -0.2) is 30.6 Å². The van der Waals surface area contributed by atoms with Gasteiger partial charge in [0.1, 0.15) is 5.84 Å². The number of aliphatic hydroxyl groups excluding tert-OH is 1. The number of anilines is 1. The van der Waals surface area contributed by atoms with Gasteiger partial charge in [-0.25, -0.2) is 0 Å². The molecule has 1 aromatic rings. The third kappa shape index (κ3) is 2.42. The standard InChI is InChI=1S/C13H19N3O/c1-9-6-11(2-3-12(9)13(14)15)16-5-4-10(7-16)8-17/h2-3,6,10,17H,4-5,7-8H2,1H3,(H3,14,15). The number of aliphatic hydroxyl groups is 1. The fourth-order valence-corrected chi connectivity index (χ4v) is 2.36. The summed E-state index contributed by atoms with van der Waals surface area (Å²) < 4.78 is 0. The Hall–Kier alpha value is -1.55. The fourth-order valence-electron chi connectivity index (χ4n) is 2.36. The van der Waals surface area contributed by atoms with Gasteiger partial charge >= 0.3 is 0 Å². The average molecular weight is 233 g/mol. The van der Waals surface area contributed by atoms with Gasteiger partial charge in [-0.15, -0.1) is 0 Å². The van der Waals surface area contributed by atoms with E-state index in [2.05, 4.69) is 11.0 Å². The van der Waals surface area contributed by atoms with Crippen molar-refractivity contribution in [2.45, 2.75) is 13.3 Å². The molecule has 1 atom stereocenters. The predicted molar refractivity (Wildman–Crippen MR) is 69.6 cm³/mol. The van der Waals surface area contributed by atoms with Crippen LogP contribution in [0.4, 0.5) is 5.69 Å². The summed E-state index contributed by atoms with van der Waals surface area (Å²) in [6.07, 6.45) is 1.05. The molecule has 1 saturated heterocycles. The van der Waals surface area contributed by atoms with Crippen molar-refractivity contribution in [3.63, 3.8) is 0 Å². The molecule has 4 N–H and O–H groups in total. The Balaban J connectivity index is 2.18. The smallest absolute Gasteiger partial charge is 0.123 e.